The first-order chi connectivity index (χ1) is 10.2. The van der Waals surface area contributed by atoms with Gasteiger partial charge in [0.05, 0.1) is 18.8 Å². The molecule has 0 unspecified atom stereocenters. The quantitative estimate of drug-likeness (QED) is 0.843. The van der Waals surface area contributed by atoms with Gasteiger partial charge >= 0.3 is 0 Å². The number of nitrogens with zero attached hydrogens (tertiary/aromatic N) is 5. The Morgan fingerprint density at radius 2 is 2.24 bits per heavy atom. The Labute approximate surface area is 125 Å². The molecule has 1 aliphatic rings. The molecular weight excluding hydrogens is 266 g/mol. The maximum absolute atomic E-state index is 5.32. The summed E-state index contributed by atoms with van der Waals surface area (Å²) in [5.41, 5.74) is 2.31. The predicted molar refractivity (Wildman–Crippen MR) is 78.8 cm³/mol. The van der Waals surface area contributed by atoms with Gasteiger partial charge in [0.15, 0.2) is 5.82 Å². The van der Waals surface area contributed by atoms with Crippen LogP contribution in [0.4, 0.5) is 0 Å². The Morgan fingerprint density at radius 1 is 1.38 bits per heavy atom. The molecule has 21 heavy (non-hydrogen) atoms. The van der Waals surface area contributed by atoms with Crippen LogP contribution in [0.5, 0.6) is 0 Å². The second-order valence-corrected chi connectivity index (χ2v) is 5.83. The maximum atomic E-state index is 5.32. The van der Waals surface area contributed by atoms with Crippen LogP contribution in [0.2, 0.25) is 0 Å². The first kappa shape index (κ1) is 14.3. The summed E-state index contributed by atoms with van der Waals surface area (Å²) in [6.45, 7) is 8.97. The SMILES string of the molecule is CCc1noc(CN2CCC[C@H]2Cn2nc(C)cc2C)n1. The van der Waals surface area contributed by atoms with Crippen molar-refractivity contribution in [3.05, 3.63) is 29.2 Å². The van der Waals surface area contributed by atoms with Crippen molar-refractivity contribution in [2.75, 3.05) is 6.54 Å². The smallest absolute Gasteiger partial charge is 0.240 e. The average molecular weight is 289 g/mol. The molecular formula is C15H23N5O. The van der Waals surface area contributed by atoms with Gasteiger partial charge in [-0.1, -0.05) is 12.1 Å². The summed E-state index contributed by atoms with van der Waals surface area (Å²) in [7, 11) is 0. The Hall–Kier alpha value is -1.69. The first-order valence-corrected chi connectivity index (χ1v) is 7.72. The van der Waals surface area contributed by atoms with Gasteiger partial charge in [-0.25, -0.2) is 0 Å². The highest BCUT2D eigenvalue weighted by Crippen LogP contribution is 2.21. The highest BCUT2D eigenvalue weighted by Gasteiger charge is 2.27. The van der Waals surface area contributed by atoms with E-state index >= 15 is 0 Å². The zero-order chi connectivity index (χ0) is 14.8. The highest BCUT2D eigenvalue weighted by molar-refractivity contribution is 5.07. The Balaban J connectivity index is 1.66. The van der Waals surface area contributed by atoms with E-state index in [1.807, 2.05) is 13.8 Å². The maximum Gasteiger partial charge on any atom is 0.240 e. The highest BCUT2D eigenvalue weighted by atomic mass is 16.5. The number of rotatable bonds is 5. The molecule has 6 heteroatoms. The van der Waals surface area contributed by atoms with Crippen molar-refractivity contribution >= 4 is 0 Å². The summed E-state index contributed by atoms with van der Waals surface area (Å²) in [4.78, 5) is 6.85. The van der Waals surface area contributed by atoms with Crippen molar-refractivity contribution < 1.29 is 4.52 Å². The Bertz CT molecular complexity index is 603. The third-order valence-electron chi connectivity index (χ3n) is 4.15. The second kappa shape index (κ2) is 5.97. The molecule has 0 spiro atoms. The van der Waals surface area contributed by atoms with Gasteiger partial charge in [0, 0.05) is 18.2 Å². The van der Waals surface area contributed by atoms with E-state index in [1.54, 1.807) is 0 Å². The largest absolute Gasteiger partial charge is 0.338 e. The fourth-order valence-electron chi connectivity index (χ4n) is 3.04. The minimum Gasteiger partial charge on any atom is -0.338 e. The van der Waals surface area contributed by atoms with Crippen molar-refractivity contribution in [1.29, 1.82) is 0 Å². The topological polar surface area (TPSA) is 60.0 Å². The predicted octanol–water partition coefficient (Wildman–Crippen LogP) is 2.11. The van der Waals surface area contributed by atoms with Gasteiger partial charge in [0.25, 0.3) is 0 Å². The Morgan fingerprint density at radius 3 is 2.90 bits per heavy atom. The minimum atomic E-state index is 0.500. The van der Waals surface area contributed by atoms with Gasteiger partial charge in [-0.3, -0.25) is 9.58 Å². The summed E-state index contributed by atoms with van der Waals surface area (Å²) >= 11 is 0. The monoisotopic (exact) mass is 289 g/mol. The lowest BCUT2D eigenvalue weighted by Crippen LogP contribution is -2.33. The average Bonchev–Trinajstić information content (AvgIpc) is 3.14. The lowest BCUT2D eigenvalue weighted by molar-refractivity contribution is 0.191. The molecule has 3 heterocycles. The van der Waals surface area contributed by atoms with Crippen LogP contribution in [0.15, 0.2) is 10.6 Å². The summed E-state index contributed by atoms with van der Waals surface area (Å²) in [6.07, 6.45) is 3.24. The van der Waals surface area contributed by atoms with Crippen LogP contribution in [0.1, 0.15) is 42.9 Å². The third-order valence-corrected chi connectivity index (χ3v) is 4.15. The molecule has 6 nitrogen and oxygen atoms in total. The number of likely N-dealkylation sites (tertiary alicyclic amines) is 1. The van der Waals surface area contributed by atoms with Crippen LogP contribution in [0.25, 0.3) is 0 Å². The van der Waals surface area contributed by atoms with E-state index in [9.17, 15) is 0 Å². The van der Waals surface area contributed by atoms with Gasteiger partial charge < -0.3 is 4.52 Å². The van der Waals surface area contributed by atoms with E-state index in [4.69, 9.17) is 4.52 Å². The second-order valence-electron chi connectivity index (χ2n) is 5.83. The van der Waals surface area contributed by atoms with Crippen LogP contribution in [0.3, 0.4) is 0 Å². The lowest BCUT2D eigenvalue weighted by atomic mass is 10.2. The molecule has 0 aliphatic carbocycles. The van der Waals surface area contributed by atoms with Crippen molar-refractivity contribution in [2.24, 2.45) is 0 Å². The van der Waals surface area contributed by atoms with Gasteiger partial charge in [-0.05, 0) is 39.3 Å². The van der Waals surface area contributed by atoms with E-state index in [2.05, 4.69) is 37.8 Å². The number of aryl methyl sites for hydroxylation is 3. The van der Waals surface area contributed by atoms with Gasteiger partial charge in [-0.2, -0.15) is 10.1 Å². The van der Waals surface area contributed by atoms with Crippen molar-refractivity contribution in [2.45, 2.75) is 59.2 Å². The zero-order valence-electron chi connectivity index (χ0n) is 13.0. The van der Waals surface area contributed by atoms with Crippen LogP contribution in [-0.2, 0) is 19.5 Å². The van der Waals surface area contributed by atoms with Crippen LogP contribution in [0, 0.1) is 13.8 Å². The molecule has 1 saturated heterocycles. The molecule has 1 fully saturated rings. The standard InChI is InChI=1S/C15H23N5O/c1-4-14-16-15(21-18-14)10-19-7-5-6-13(19)9-20-12(3)8-11(2)17-20/h8,13H,4-7,9-10H2,1-3H3/t13-/m0/s1. The molecule has 2 aromatic heterocycles. The molecule has 1 aliphatic heterocycles. The molecule has 2 aromatic rings. The van der Waals surface area contributed by atoms with Crippen molar-refractivity contribution in [1.82, 2.24) is 24.8 Å². The minimum absolute atomic E-state index is 0.500. The first-order valence-electron chi connectivity index (χ1n) is 7.72. The van der Waals surface area contributed by atoms with E-state index in [-0.39, 0.29) is 0 Å². The molecule has 0 saturated carbocycles. The number of hydrogen-bond donors (Lipinski definition) is 0. The van der Waals surface area contributed by atoms with E-state index in [0.717, 1.165) is 43.5 Å². The van der Waals surface area contributed by atoms with Gasteiger partial charge in [-0.15, -0.1) is 0 Å². The summed E-state index contributed by atoms with van der Waals surface area (Å²) in [6, 6.07) is 2.63. The third kappa shape index (κ3) is 3.15. The molecule has 1 atom stereocenters. The number of aromatic nitrogens is 4. The molecule has 0 bridgehead atoms. The molecule has 3 rings (SSSR count). The zero-order valence-corrected chi connectivity index (χ0v) is 13.0. The fourth-order valence-corrected chi connectivity index (χ4v) is 3.04. The summed E-state index contributed by atoms with van der Waals surface area (Å²) < 4.78 is 7.43. The van der Waals surface area contributed by atoms with Crippen molar-refractivity contribution in [3.63, 3.8) is 0 Å². The molecule has 114 valence electrons. The van der Waals surface area contributed by atoms with E-state index < -0.39 is 0 Å². The van der Waals surface area contributed by atoms with Crippen LogP contribution < -0.4 is 0 Å². The van der Waals surface area contributed by atoms with E-state index in [0.29, 0.717) is 6.04 Å². The fraction of sp³-hybridized carbons (Fsp3) is 0.667. The number of hydrogen-bond acceptors (Lipinski definition) is 5. The van der Waals surface area contributed by atoms with E-state index in [1.165, 1.54) is 18.5 Å². The normalized spacial score (nSPS) is 19.5. The Kier molecular flexibility index (Phi) is 4.05. The summed E-state index contributed by atoms with van der Waals surface area (Å²) in [5.74, 6) is 1.52. The van der Waals surface area contributed by atoms with Crippen LogP contribution in [-0.4, -0.2) is 37.4 Å². The van der Waals surface area contributed by atoms with Gasteiger partial charge in [0.2, 0.25) is 5.89 Å². The molecule has 0 amide bonds. The van der Waals surface area contributed by atoms with Crippen LogP contribution >= 0.6 is 0 Å². The molecule has 0 aromatic carbocycles. The lowest BCUT2D eigenvalue weighted by Gasteiger charge is -2.23. The summed E-state index contributed by atoms with van der Waals surface area (Å²) in [5, 5.41) is 8.54. The van der Waals surface area contributed by atoms with Crippen molar-refractivity contribution in [3.8, 4) is 0 Å². The molecule has 0 N–H and O–H groups in total. The molecule has 0 radical (unpaired) electrons. The van der Waals surface area contributed by atoms with Gasteiger partial charge in [0.1, 0.15) is 0 Å².